The topological polar surface area (TPSA) is 33.1 Å². The minimum absolute atomic E-state index is 0.461. The summed E-state index contributed by atoms with van der Waals surface area (Å²) in [6, 6.07) is 1.14. The van der Waals surface area contributed by atoms with E-state index in [1.165, 1.54) is 31.4 Å². The lowest BCUT2D eigenvalue weighted by Gasteiger charge is -2.30. The maximum Gasteiger partial charge on any atom is 0.0537 e. The molecule has 2 rings (SSSR count). The minimum Gasteiger partial charge on any atom is -0.313 e. The molecule has 1 aromatic rings. The first-order valence-electron chi connectivity index (χ1n) is 7.74. The normalized spacial score (nSPS) is 21.2. The zero-order valence-corrected chi connectivity index (χ0v) is 12.6. The van der Waals surface area contributed by atoms with Crippen LogP contribution in [0.2, 0.25) is 0 Å². The summed E-state index contributed by atoms with van der Waals surface area (Å²) in [7, 11) is 0. The molecule has 1 aliphatic rings. The highest BCUT2D eigenvalue weighted by molar-refractivity contribution is 5.09. The fourth-order valence-electron chi connectivity index (χ4n) is 2.90. The van der Waals surface area contributed by atoms with Crippen LogP contribution in [0.4, 0.5) is 0 Å². The summed E-state index contributed by atoms with van der Waals surface area (Å²) >= 11 is 0. The van der Waals surface area contributed by atoms with Crippen molar-refractivity contribution in [2.75, 3.05) is 19.6 Å². The molecule has 1 fully saturated rings. The summed E-state index contributed by atoms with van der Waals surface area (Å²) in [4.78, 5) is 2.60. The number of nitrogens with one attached hydrogen (secondary N) is 1. The number of nitrogens with zero attached hydrogens (tertiary/aromatic N) is 3. The Kier molecular flexibility index (Phi) is 5.40. The van der Waals surface area contributed by atoms with E-state index in [0.29, 0.717) is 12.1 Å². The molecule has 4 heteroatoms. The Bertz CT molecular complexity index is 368. The average molecular weight is 264 g/mol. The van der Waals surface area contributed by atoms with Crippen molar-refractivity contribution >= 4 is 0 Å². The van der Waals surface area contributed by atoms with Gasteiger partial charge < -0.3 is 5.32 Å². The lowest BCUT2D eigenvalue weighted by Crippen LogP contribution is -2.39. The Morgan fingerprint density at radius 1 is 1.53 bits per heavy atom. The second kappa shape index (κ2) is 7.06. The summed E-state index contributed by atoms with van der Waals surface area (Å²) in [5, 5.41) is 8.01. The molecule has 1 N–H and O–H groups in total. The molecule has 1 saturated heterocycles. The van der Waals surface area contributed by atoms with Gasteiger partial charge in [0.1, 0.15) is 0 Å². The predicted molar refractivity (Wildman–Crippen MR) is 79.2 cm³/mol. The van der Waals surface area contributed by atoms with Crippen LogP contribution in [0.3, 0.4) is 0 Å². The molecule has 2 atom stereocenters. The van der Waals surface area contributed by atoms with Crippen molar-refractivity contribution in [3.8, 4) is 0 Å². The molecule has 1 aliphatic heterocycles. The Balaban J connectivity index is 1.99. The number of aryl methyl sites for hydroxylation is 1. The van der Waals surface area contributed by atoms with E-state index >= 15 is 0 Å². The Labute approximate surface area is 117 Å². The quantitative estimate of drug-likeness (QED) is 0.821. The maximum atomic E-state index is 4.40. The third-order valence-corrected chi connectivity index (χ3v) is 4.14. The van der Waals surface area contributed by atoms with Crippen molar-refractivity contribution < 1.29 is 0 Å². The molecule has 108 valence electrons. The number of hydrogen-bond donors (Lipinski definition) is 1. The third kappa shape index (κ3) is 3.80. The molecule has 0 saturated carbocycles. The molecule has 0 radical (unpaired) electrons. The van der Waals surface area contributed by atoms with Crippen molar-refractivity contribution in [3.05, 3.63) is 18.0 Å². The van der Waals surface area contributed by atoms with E-state index in [2.05, 4.69) is 42.3 Å². The van der Waals surface area contributed by atoms with E-state index in [0.717, 1.165) is 19.6 Å². The van der Waals surface area contributed by atoms with E-state index in [1.54, 1.807) is 0 Å². The van der Waals surface area contributed by atoms with Crippen LogP contribution in [0, 0.1) is 0 Å². The van der Waals surface area contributed by atoms with Gasteiger partial charge >= 0.3 is 0 Å². The summed E-state index contributed by atoms with van der Waals surface area (Å²) in [5.41, 5.74) is 1.34. The van der Waals surface area contributed by atoms with Crippen molar-refractivity contribution in [1.82, 2.24) is 20.0 Å². The smallest absolute Gasteiger partial charge is 0.0537 e. The van der Waals surface area contributed by atoms with Crippen LogP contribution < -0.4 is 5.32 Å². The van der Waals surface area contributed by atoms with Gasteiger partial charge in [0, 0.05) is 36.9 Å². The molecule has 0 spiro atoms. The van der Waals surface area contributed by atoms with Gasteiger partial charge in [0.05, 0.1) is 6.20 Å². The minimum atomic E-state index is 0.461. The first-order valence-corrected chi connectivity index (χ1v) is 7.74. The van der Waals surface area contributed by atoms with Crippen LogP contribution >= 0.6 is 0 Å². The fraction of sp³-hybridized carbons (Fsp3) is 0.800. The van der Waals surface area contributed by atoms with Gasteiger partial charge in [0.25, 0.3) is 0 Å². The number of aromatic nitrogens is 2. The van der Waals surface area contributed by atoms with Crippen LogP contribution in [0.5, 0.6) is 0 Å². The SMILES string of the molecule is CCCN(CC1CCCN1)C(C)c1cnn(CC)c1. The maximum absolute atomic E-state index is 4.40. The summed E-state index contributed by atoms with van der Waals surface area (Å²) < 4.78 is 2.02. The molecule has 4 nitrogen and oxygen atoms in total. The molecular formula is C15H28N4. The standard InChI is InChI=1S/C15H28N4/c1-4-9-18(12-15-7-6-8-16-15)13(3)14-10-17-19(5-2)11-14/h10-11,13,15-16H,4-9,12H2,1-3H3. The number of rotatable bonds is 7. The van der Waals surface area contributed by atoms with E-state index in [-0.39, 0.29) is 0 Å². The zero-order chi connectivity index (χ0) is 13.7. The second-order valence-electron chi connectivity index (χ2n) is 5.59. The first-order chi connectivity index (χ1) is 9.24. The summed E-state index contributed by atoms with van der Waals surface area (Å²) in [5.74, 6) is 0. The Morgan fingerprint density at radius 2 is 2.37 bits per heavy atom. The van der Waals surface area contributed by atoms with Crippen molar-refractivity contribution in [2.24, 2.45) is 0 Å². The first kappa shape index (κ1) is 14.5. The van der Waals surface area contributed by atoms with Crippen molar-refractivity contribution in [2.45, 2.75) is 58.7 Å². The molecule has 0 aliphatic carbocycles. The lowest BCUT2D eigenvalue weighted by atomic mass is 10.1. The molecule has 2 unspecified atom stereocenters. The van der Waals surface area contributed by atoms with Crippen LogP contribution in [0.1, 0.15) is 51.6 Å². The van der Waals surface area contributed by atoms with Gasteiger partial charge in [-0.2, -0.15) is 5.10 Å². The molecule has 2 heterocycles. The van der Waals surface area contributed by atoms with Gasteiger partial charge in [-0.15, -0.1) is 0 Å². The van der Waals surface area contributed by atoms with Gasteiger partial charge in [-0.3, -0.25) is 9.58 Å². The Hall–Kier alpha value is -0.870. The predicted octanol–water partition coefficient (Wildman–Crippen LogP) is 2.43. The largest absolute Gasteiger partial charge is 0.313 e. The molecule has 0 amide bonds. The van der Waals surface area contributed by atoms with Gasteiger partial charge in [-0.05, 0) is 46.2 Å². The molecule has 19 heavy (non-hydrogen) atoms. The summed E-state index contributed by atoms with van der Waals surface area (Å²) in [6.07, 6.45) is 8.07. The second-order valence-corrected chi connectivity index (χ2v) is 5.59. The third-order valence-electron chi connectivity index (χ3n) is 4.14. The molecule has 0 aromatic carbocycles. The lowest BCUT2D eigenvalue weighted by molar-refractivity contribution is 0.192. The highest BCUT2D eigenvalue weighted by atomic mass is 15.3. The molecular weight excluding hydrogens is 236 g/mol. The van der Waals surface area contributed by atoms with Gasteiger partial charge in [0.2, 0.25) is 0 Å². The number of hydrogen-bond acceptors (Lipinski definition) is 3. The summed E-state index contributed by atoms with van der Waals surface area (Å²) in [6.45, 7) is 11.2. The monoisotopic (exact) mass is 264 g/mol. The van der Waals surface area contributed by atoms with Gasteiger partial charge in [0.15, 0.2) is 0 Å². The van der Waals surface area contributed by atoms with E-state index in [9.17, 15) is 0 Å². The highest BCUT2D eigenvalue weighted by Gasteiger charge is 2.22. The van der Waals surface area contributed by atoms with Crippen LogP contribution in [-0.4, -0.2) is 40.4 Å². The fourth-order valence-corrected chi connectivity index (χ4v) is 2.90. The molecule has 1 aromatic heterocycles. The zero-order valence-electron chi connectivity index (χ0n) is 12.6. The van der Waals surface area contributed by atoms with Crippen molar-refractivity contribution in [3.63, 3.8) is 0 Å². The highest BCUT2D eigenvalue weighted by Crippen LogP contribution is 2.21. The Morgan fingerprint density at radius 3 is 2.95 bits per heavy atom. The van der Waals surface area contributed by atoms with Gasteiger partial charge in [-0.25, -0.2) is 0 Å². The van der Waals surface area contributed by atoms with Gasteiger partial charge in [-0.1, -0.05) is 6.92 Å². The van der Waals surface area contributed by atoms with Crippen LogP contribution in [-0.2, 0) is 6.54 Å². The van der Waals surface area contributed by atoms with Crippen LogP contribution in [0.15, 0.2) is 12.4 Å². The van der Waals surface area contributed by atoms with E-state index in [1.807, 2.05) is 10.9 Å². The van der Waals surface area contributed by atoms with Crippen molar-refractivity contribution in [1.29, 1.82) is 0 Å². The average Bonchev–Trinajstić information content (AvgIpc) is 3.08. The molecule has 0 bridgehead atoms. The van der Waals surface area contributed by atoms with E-state index < -0.39 is 0 Å². The van der Waals surface area contributed by atoms with E-state index in [4.69, 9.17) is 0 Å². The van der Waals surface area contributed by atoms with Crippen LogP contribution in [0.25, 0.3) is 0 Å².